The molecule has 0 amide bonds. The first-order valence-electron chi connectivity index (χ1n) is 17.9. The van der Waals surface area contributed by atoms with Crippen LogP contribution in [0.5, 0.6) is 0 Å². The van der Waals surface area contributed by atoms with E-state index < -0.39 is 103 Å². The third-order valence-electron chi connectivity index (χ3n) is 8.28. The van der Waals surface area contributed by atoms with Crippen molar-refractivity contribution in [3.63, 3.8) is 0 Å². The van der Waals surface area contributed by atoms with Crippen molar-refractivity contribution in [2.75, 3.05) is 37.9 Å². The Morgan fingerprint density at radius 3 is 1.60 bits per heavy atom. The van der Waals surface area contributed by atoms with Crippen molar-refractivity contribution in [2.45, 2.75) is 49.7 Å². The molecule has 2 fully saturated rings. The van der Waals surface area contributed by atoms with E-state index in [2.05, 4.69) is 69.4 Å². The van der Waals surface area contributed by atoms with Crippen LogP contribution in [0.4, 0.5) is 11.8 Å². The van der Waals surface area contributed by atoms with Gasteiger partial charge in [-0.2, -0.15) is 4.98 Å². The van der Waals surface area contributed by atoms with Crippen molar-refractivity contribution in [1.29, 1.82) is 0 Å². The van der Waals surface area contributed by atoms with Crippen LogP contribution in [-0.2, 0) is 72.6 Å². The SMILES string of the molecule is C=CCO[C@@H]1C[C@H](n2cnc3c(=O)[nH]c(N)nc32)O[C@@H]1COP(=O)([O-])OP(=O)([O-])OP(=O)([O-])O.C=CCO[C@@H]1C[C@H](n2cnc3c(N)ncnc32)O[C@@H]1COP(=O)([O-])OP(=O)([O-])OP(=O)([O-])O. The largest absolute Gasteiger partial charge is 0.756 e. The average Bonchev–Trinajstić information content (AvgIpc) is 3.97. The predicted octanol–water partition coefficient (Wildman–Crippen LogP) is -3.28. The second kappa shape index (κ2) is 21.7. The van der Waals surface area contributed by atoms with E-state index >= 15 is 0 Å². The predicted molar refractivity (Wildman–Crippen MR) is 206 cm³/mol. The highest BCUT2D eigenvalue weighted by Crippen LogP contribution is 2.62. The highest BCUT2D eigenvalue weighted by Gasteiger charge is 2.41. The van der Waals surface area contributed by atoms with Crippen LogP contribution in [-0.4, -0.2) is 99.7 Å². The highest BCUT2D eigenvalue weighted by atomic mass is 31.3. The minimum atomic E-state index is -6.04. The second-order valence-corrected chi connectivity index (χ2v) is 21.6. The van der Waals surface area contributed by atoms with Gasteiger partial charge >= 0.3 is 0 Å². The summed E-state index contributed by atoms with van der Waals surface area (Å²) in [6.45, 7) is 5.49. The molecule has 12 atom stereocenters. The van der Waals surface area contributed by atoms with Crippen LogP contribution < -0.4 is 46.4 Å². The number of fused-ring (bicyclic) bond motifs is 2. The van der Waals surface area contributed by atoms with Gasteiger partial charge in [-0.3, -0.25) is 46.3 Å². The molecule has 0 radical (unpaired) electrons. The van der Waals surface area contributed by atoms with Crippen LogP contribution in [0.3, 0.4) is 0 Å². The Labute approximate surface area is 373 Å². The standard InChI is InChI=1S/C13H20N5O13P3.C13H20N5O12P3/c1-2-3-27-7-4-9(18-6-15-10-11(18)16-13(14)17-12(10)19)29-8(7)5-28-33(23,24)31-34(25,26)30-32(20,21)22;1-2-3-26-8-4-10(18-7-17-11-12(14)15-6-16-13(11)18)28-9(8)5-27-32(22,23)30-33(24,25)29-31(19,20)21/h2,6-9H,1,3-5H2,(H,23,24)(H,25,26)(H2,20,21,22)(H3,14,16,17,19);2,6-10H,1,3-5H2,(H,22,23)(H,24,25)(H2,14,15,16)(H2,19,20,21)/p-6/t7-,8-,9-;8-,9-,10-/m11/s1. The van der Waals surface area contributed by atoms with Crippen molar-refractivity contribution >= 4 is 81.0 Å². The average molecular weight is 1070 g/mol. The number of hydrogen-bond donors (Lipinski definition) is 5. The molecule has 0 spiro atoms. The number of nitrogen functional groups attached to an aromatic ring is 2. The molecule has 7 N–H and O–H groups in total. The third-order valence-corrected chi connectivity index (χ3v) is 15.7. The first kappa shape index (κ1) is 54.6. The molecule has 6 rings (SSSR count). The van der Waals surface area contributed by atoms with Crippen molar-refractivity contribution in [1.82, 2.24) is 39.0 Å². The van der Waals surface area contributed by atoms with E-state index in [0.717, 1.165) is 0 Å². The smallest absolute Gasteiger partial charge is 0.280 e. The Hall–Kier alpha value is -3.36. The monoisotopic (exact) mass is 1070 g/mol. The molecule has 6 unspecified atom stereocenters. The number of aromatic amines is 1. The molecule has 35 nitrogen and oxygen atoms in total. The molecule has 41 heteroatoms. The van der Waals surface area contributed by atoms with Gasteiger partial charge in [0.05, 0.1) is 51.3 Å². The summed E-state index contributed by atoms with van der Waals surface area (Å²) in [6.07, 6.45) is 1.54. The summed E-state index contributed by atoms with van der Waals surface area (Å²) in [5.41, 5.74) is 11.4. The molecule has 0 aromatic carbocycles. The lowest BCUT2D eigenvalue weighted by atomic mass is 10.2. The molecule has 4 aromatic heterocycles. The zero-order valence-electron chi connectivity index (χ0n) is 33.3. The summed E-state index contributed by atoms with van der Waals surface area (Å²) >= 11 is 0. The van der Waals surface area contributed by atoms with Gasteiger partial charge in [-0.15, -0.1) is 13.2 Å². The first-order chi connectivity index (χ1) is 31.0. The number of nitrogens with one attached hydrogen (secondary N) is 1. The molecule has 4 aromatic rings. The number of aromatic nitrogens is 8. The van der Waals surface area contributed by atoms with Gasteiger partial charge in [0.2, 0.25) is 5.95 Å². The van der Waals surface area contributed by atoms with E-state index in [9.17, 15) is 61.5 Å². The zero-order chi connectivity index (χ0) is 49.8. The molecule has 6 heterocycles. The third kappa shape index (κ3) is 15.8. The van der Waals surface area contributed by atoms with Gasteiger partial charge < -0.3 is 78.6 Å². The zero-order valence-corrected chi connectivity index (χ0v) is 38.6. The first-order valence-corrected chi connectivity index (χ1v) is 26.7. The Morgan fingerprint density at radius 1 is 0.701 bits per heavy atom. The fourth-order valence-electron chi connectivity index (χ4n) is 5.92. The summed E-state index contributed by atoms with van der Waals surface area (Å²) in [6, 6.07) is 0. The molecular weight excluding hydrogens is 1040 g/mol. The maximum atomic E-state index is 12.0. The van der Waals surface area contributed by atoms with Gasteiger partial charge in [-0.25, -0.2) is 37.2 Å². The quantitative estimate of drug-likeness (QED) is 0.0381. The van der Waals surface area contributed by atoms with Gasteiger partial charge in [-0.05, 0) is 0 Å². The van der Waals surface area contributed by atoms with Crippen molar-refractivity contribution in [2.24, 2.45) is 0 Å². The van der Waals surface area contributed by atoms with Crippen LogP contribution in [0, 0.1) is 0 Å². The van der Waals surface area contributed by atoms with E-state index in [1.54, 1.807) is 0 Å². The number of H-pyrrole nitrogens is 1. The molecule has 2 aliphatic rings. The minimum Gasteiger partial charge on any atom is -0.756 e. The molecule has 0 aliphatic carbocycles. The molecule has 67 heavy (non-hydrogen) atoms. The van der Waals surface area contributed by atoms with Gasteiger partial charge in [0.1, 0.15) is 36.5 Å². The minimum absolute atomic E-state index is 0.0250. The summed E-state index contributed by atoms with van der Waals surface area (Å²) in [5, 5.41) is 0. The maximum absolute atomic E-state index is 12.0. The molecule has 2 aliphatic heterocycles. The molecule has 0 bridgehead atoms. The Balaban J connectivity index is 0.000000251. The summed E-state index contributed by atoms with van der Waals surface area (Å²) in [4.78, 5) is 118. The number of hydrogen-bond acceptors (Lipinski definition) is 30. The topological polar surface area (TPSA) is 533 Å². The second-order valence-electron chi connectivity index (χ2n) is 13.1. The lowest BCUT2D eigenvalue weighted by molar-refractivity contribution is -0.254. The fourth-order valence-corrected chi connectivity index (χ4v) is 11.7. The van der Waals surface area contributed by atoms with Crippen LogP contribution in [0.2, 0.25) is 0 Å². The fraction of sp³-hybridized carbons (Fsp3) is 0.462. The number of anilines is 2. The number of imidazole rings is 2. The number of nitrogens with two attached hydrogens (primary N) is 2. The molecule has 0 saturated carbocycles. The number of ether oxygens (including phenoxy) is 4. The van der Waals surface area contributed by atoms with Crippen molar-refractivity contribution in [3.8, 4) is 0 Å². The van der Waals surface area contributed by atoms with E-state index in [0.29, 0.717) is 11.2 Å². The number of rotatable bonds is 22. The molecular formula is C26H34N10O25P6-6. The summed E-state index contributed by atoms with van der Waals surface area (Å²) in [7, 11) is -35.1. The van der Waals surface area contributed by atoms with Crippen molar-refractivity contribution in [3.05, 3.63) is 54.6 Å². The Morgan fingerprint density at radius 2 is 1.15 bits per heavy atom. The lowest BCUT2D eigenvalue weighted by Crippen LogP contribution is -2.30. The van der Waals surface area contributed by atoms with E-state index in [1.807, 2.05) is 0 Å². The van der Waals surface area contributed by atoms with E-state index in [1.165, 1.54) is 40.3 Å². The van der Waals surface area contributed by atoms with Crippen LogP contribution in [0.15, 0.2) is 49.1 Å². The van der Waals surface area contributed by atoms with Gasteiger partial charge in [0.15, 0.2) is 22.6 Å². The van der Waals surface area contributed by atoms with Gasteiger partial charge in [0.25, 0.3) is 52.5 Å². The number of nitrogens with zero attached hydrogens (tertiary/aromatic N) is 7. The van der Waals surface area contributed by atoms with Gasteiger partial charge in [-0.1, -0.05) is 12.2 Å². The summed E-state index contributed by atoms with van der Waals surface area (Å²) < 4.78 is 115. The Bertz CT molecular complexity index is 2780. The van der Waals surface area contributed by atoms with Crippen LogP contribution >= 0.6 is 46.9 Å². The number of phosphoric acid groups is 6. The molecule has 2 saturated heterocycles. The van der Waals surface area contributed by atoms with E-state index in [4.69, 9.17) is 40.2 Å². The lowest BCUT2D eigenvalue weighted by Gasteiger charge is -2.33. The normalized spacial score (nSPS) is 26.3. The van der Waals surface area contributed by atoms with Crippen LogP contribution in [0.1, 0.15) is 25.3 Å². The van der Waals surface area contributed by atoms with Crippen LogP contribution in [0.25, 0.3) is 22.3 Å². The Kier molecular flexibility index (Phi) is 17.7. The molecule has 374 valence electrons. The highest BCUT2D eigenvalue weighted by molar-refractivity contribution is 7.65. The maximum Gasteiger partial charge on any atom is 0.280 e. The van der Waals surface area contributed by atoms with E-state index in [-0.39, 0.29) is 49.0 Å². The summed E-state index contributed by atoms with van der Waals surface area (Å²) in [5.74, 6) is -0.0499. The van der Waals surface area contributed by atoms with Gasteiger partial charge in [0, 0.05) is 12.8 Å². The number of phosphoric ester groups is 2. The van der Waals surface area contributed by atoms with Crippen molar-refractivity contribution < 1.29 is 112 Å².